The number of rotatable bonds is 3. The first-order valence-corrected chi connectivity index (χ1v) is 5.51. The first-order chi connectivity index (χ1) is 8.19. The number of amides is 1. The highest BCUT2D eigenvalue weighted by molar-refractivity contribution is 9.10. The normalized spacial score (nSPS) is 10.0. The molecule has 88 valence electrons. The number of anilines is 1. The number of nitrogens with zero attached hydrogens (tertiary/aromatic N) is 2. The fourth-order valence-corrected chi connectivity index (χ4v) is 1.44. The molecule has 0 saturated heterocycles. The molecule has 0 bridgehead atoms. The smallest absolute Gasteiger partial charge is 0.336 e. The van der Waals surface area contributed by atoms with Crippen molar-refractivity contribution >= 4 is 27.8 Å². The van der Waals surface area contributed by atoms with Crippen LogP contribution in [0.15, 0.2) is 28.7 Å². The van der Waals surface area contributed by atoms with Crippen molar-refractivity contribution in [2.45, 2.75) is 0 Å². The van der Waals surface area contributed by atoms with Gasteiger partial charge in [-0.3, -0.25) is 10.1 Å². The molecule has 17 heavy (non-hydrogen) atoms. The van der Waals surface area contributed by atoms with Gasteiger partial charge in [-0.05, 0) is 24.3 Å². The summed E-state index contributed by atoms with van der Waals surface area (Å²) in [5.41, 5.74) is 0.531. The van der Waals surface area contributed by atoms with Gasteiger partial charge in [-0.25, -0.2) is 5.10 Å². The van der Waals surface area contributed by atoms with Crippen molar-refractivity contribution in [1.29, 1.82) is 0 Å². The Morgan fingerprint density at radius 1 is 1.41 bits per heavy atom. The summed E-state index contributed by atoms with van der Waals surface area (Å²) in [6.07, 6.45) is 0. The lowest BCUT2D eigenvalue weighted by Crippen LogP contribution is -2.12. The van der Waals surface area contributed by atoms with E-state index in [4.69, 9.17) is 4.74 Å². The lowest BCUT2D eigenvalue weighted by atomic mass is 10.2. The summed E-state index contributed by atoms with van der Waals surface area (Å²) in [6.45, 7) is 0. The van der Waals surface area contributed by atoms with Crippen LogP contribution >= 0.6 is 15.9 Å². The quantitative estimate of drug-likeness (QED) is 0.905. The number of carbonyl (C=O) groups excluding carboxylic acids is 1. The molecule has 0 unspecified atom stereocenters. The van der Waals surface area contributed by atoms with Crippen molar-refractivity contribution in [3.05, 3.63) is 34.3 Å². The van der Waals surface area contributed by atoms with E-state index in [9.17, 15) is 4.79 Å². The third kappa shape index (κ3) is 2.82. The summed E-state index contributed by atoms with van der Waals surface area (Å²) in [6, 6.07) is 7.15. The minimum absolute atomic E-state index is 0.177. The monoisotopic (exact) mass is 296 g/mol. The maximum atomic E-state index is 11.8. The highest BCUT2D eigenvalue weighted by Crippen LogP contribution is 2.12. The number of carbonyl (C=O) groups is 1. The predicted octanol–water partition coefficient (Wildman–Crippen LogP) is 1.83. The second-order valence-corrected chi connectivity index (χ2v) is 4.05. The van der Waals surface area contributed by atoms with Crippen LogP contribution in [0.5, 0.6) is 6.01 Å². The SMILES string of the molecule is COc1n[nH]c(NC(=O)c2ccc(Br)cc2)n1. The minimum Gasteiger partial charge on any atom is -0.466 e. The Hall–Kier alpha value is -1.89. The molecule has 0 spiro atoms. The number of aromatic amines is 1. The molecule has 1 aromatic heterocycles. The summed E-state index contributed by atoms with van der Waals surface area (Å²) >= 11 is 3.30. The highest BCUT2D eigenvalue weighted by atomic mass is 79.9. The van der Waals surface area contributed by atoms with Crippen molar-refractivity contribution in [1.82, 2.24) is 15.2 Å². The largest absolute Gasteiger partial charge is 0.466 e. The van der Waals surface area contributed by atoms with Gasteiger partial charge in [0, 0.05) is 10.0 Å². The van der Waals surface area contributed by atoms with Gasteiger partial charge in [0.2, 0.25) is 5.95 Å². The molecule has 2 aromatic rings. The zero-order valence-electron chi connectivity index (χ0n) is 8.90. The molecule has 0 atom stereocenters. The maximum Gasteiger partial charge on any atom is 0.336 e. The molecular weight excluding hydrogens is 288 g/mol. The van der Waals surface area contributed by atoms with Gasteiger partial charge >= 0.3 is 6.01 Å². The van der Waals surface area contributed by atoms with Crippen LogP contribution in [0.2, 0.25) is 0 Å². The Morgan fingerprint density at radius 2 is 2.12 bits per heavy atom. The highest BCUT2D eigenvalue weighted by Gasteiger charge is 2.09. The molecule has 2 N–H and O–H groups in total. The van der Waals surface area contributed by atoms with E-state index in [1.165, 1.54) is 7.11 Å². The summed E-state index contributed by atoms with van der Waals surface area (Å²) in [5.74, 6) is -0.0222. The molecule has 0 aliphatic heterocycles. The van der Waals surface area contributed by atoms with E-state index in [2.05, 4.69) is 36.4 Å². The van der Waals surface area contributed by atoms with Gasteiger partial charge in [0.1, 0.15) is 0 Å². The Kier molecular flexibility index (Phi) is 3.38. The minimum atomic E-state index is -0.267. The van der Waals surface area contributed by atoms with Crippen molar-refractivity contribution in [2.24, 2.45) is 0 Å². The molecule has 0 aliphatic rings. The van der Waals surface area contributed by atoms with E-state index in [1.807, 2.05) is 0 Å². The maximum absolute atomic E-state index is 11.8. The Bertz CT molecular complexity index is 523. The fourth-order valence-electron chi connectivity index (χ4n) is 1.17. The molecule has 2 rings (SSSR count). The van der Waals surface area contributed by atoms with Crippen molar-refractivity contribution in [3.8, 4) is 6.01 Å². The average molecular weight is 297 g/mol. The third-order valence-corrected chi connectivity index (χ3v) is 2.51. The van der Waals surface area contributed by atoms with Crippen LogP contribution in [0.3, 0.4) is 0 Å². The molecule has 0 fully saturated rings. The molecule has 0 radical (unpaired) electrons. The van der Waals surface area contributed by atoms with Crippen LogP contribution in [0.1, 0.15) is 10.4 Å². The standard InChI is InChI=1S/C10H9BrN4O2/c1-17-10-13-9(14-15-10)12-8(16)6-2-4-7(11)5-3-6/h2-5H,1H3,(H2,12,13,14,15,16). The lowest BCUT2D eigenvalue weighted by Gasteiger charge is -2.00. The van der Waals surface area contributed by atoms with Gasteiger partial charge in [-0.1, -0.05) is 15.9 Å². The van der Waals surface area contributed by atoms with E-state index in [-0.39, 0.29) is 17.9 Å². The predicted molar refractivity (Wildman–Crippen MR) is 65.0 cm³/mol. The molecule has 7 heteroatoms. The van der Waals surface area contributed by atoms with E-state index in [0.29, 0.717) is 5.56 Å². The number of H-pyrrole nitrogens is 1. The van der Waals surface area contributed by atoms with Crippen LogP contribution in [-0.4, -0.2) is 28.2 Å². The van der Waals surface area contributed by atoms with Gasteiger partial charge in [0.05, 0.1) is 7.11 Å². The molecule has 1 aromatic carbocycles. The third-order valence-electron chi connectivity index (χ3n) is 1.99. The molecule has 0 saturated carbocycles. The summed E-state index contributed by atoms with van der Waals surface area (Å²) in [4.78, 5) is 15.6. The molecule has 6 nitrogen and oxygen atoms in total. The number of ether oxygens (including phenoxy) is 1. The van der Waals surface area contributed by atoms with E-state index >= 15 is 0 Å². The van der Waals surface area contributed by atoms with E-state index in [0.717, 1.165) is 4.47 Å². The summed E-state index contributed by atoms with van der Waals surface area (Å²) in [7, 11) is 1.45. The first-order valence-electron chi connectivity index (χ1n) is 4.72. The second kappa shape index (κ2) is 4.96. The van der Waals surface area contributed by atoms with Gasteiger partial charge in [-0.15, -0.1) is 5.10 Å². The van der Waals surface area contributed by atoms with Gasteiger partial charge in [0.25, 0.3) is 5.91 Å². The first kappa shape index (κ1) is 11.6. The Balaban J connectivity index is 2.08. The number of nitrogens with one attached hydrogen (secondary N) is 2. The molecule has 1 heterocycles. The zero-order valence-corrected chi connectivity index (χ0v) is 10.5. The Labute approximate surface area is 106 Å². The molecular formula is C10H9BrN4O2. The van der Waals surface area contributed by atoms with Crippen molar-refractivity contribution in [2.75, 3.05) is 12.4 Å². The van der Waals surface area contributed by atoms with Crippen molar-refractivity contribution in [3.63, 3.8) is 0 Å². The fraction of sp³-hybridized carbons (Fsp3) is 0.100. The van der Waals surface area contributed by atoms with Crippen LogP contribution in [0.4, 0.5) is 5.95 Å². The number of benzene rings is 1. The number of methoxy groups -OCH3 is 1. The average Bonchev–Trinajstić information content (AvgIpc) is 2.77. The number of halogens is 1. The topological polar surface area (TPSA) is 79.9 Å². The van der Waals surface area contributed by atoms with Gasteiger partial charge in [0.15, 0.2) is 0 Å². The summed E-state index contributed by atoms with van der Waals surface area (Å²) < 4.78 is 5.70. The molecule has 1 amide bonds. The van der Waals surface area contributed by atoms with Crippen LogP contribution in [-0.2, 0) is 0 Å². The van der Waals surface area contributed by atoms with E-state index in [1.54, 1.807) is 24.3 Å². The van der Waals surface area contributed by atoms with Crippen LogP contribution < -0.4 is 10.1 Å². The zero-order chi connectivity index (χ0) is 12.3. The van der Waals surface area contributed by atoms with Gasteiger partial charge < -0.3 is 4.74 Å². The number of hydrogen-bond acceptors (Lipinski definition) is 4. The number of aromatic nitrogens is 3. The number of hydrogen-bond donors (Lipinski definition) is 2. The summed E-state index contributed by atoms with van der Waals surface area (Å²) in [5, 5.41) is 8.83. The van der Waals surface area contributed by atoms with Crippen LogP contribution in [0, 0.1) is 0 Å². The van der Waals surface area contributed by atoms with Crippen LogP contribution in [0.25, 0.3) is 0 Å². The lowest BCUT2D eigenvalue weighted by molar-refractivity contribution is 0.102. The van der Waals surface area contributed by atoms with Gasteiger partial charge in [-0.2, -0.15) is 4.98 Å². The van der Waals surface area contributed by atoms with Crippen molar-refractivity contribution < 1.29 is 9.53 Å². The second-order valence-electron chi connectivity index (χ2n) is 3.13. The van der Waals surface area contributed by atoms with E-state index < -0.39 is 0 Å². The molecule has 0 aliphatic carbocycles. The Morgan fingerprint density at radius 3 is 2.71 bits per heavy atom.